The van der Waals surface area contributed by atoms with Gasteiger partial charge in [-0.3, -0.25) is 9.69 Å². The molecule has 4 aromatic rings. The van der Waals surface area contributed by atoms with Crippen LogP contribution < -0.4 is 15.2 Å². The second kappa shape index (κ2) is 9.13. The average molecular weight is 482 g/mol. The molecule has 0 amide bonds. The van der Waals surface area contributed by atoms with E-state index in [0.29, 0.717) is 10.7 Å². The highest BCUT2D eigenvalue weighted by Gasteiger charge is 2.18. The number of methoxy groups -OCH3 is 1. The first kappa shape index (κ1) is 21.9. The molecule has 0 aliphatic carbocycles. The molecule has 33 heavy (non-hydrogen) atoms. The zero-order valence-electron chi connectivity index (χ0n) is 18.5. The number of aromatic nitrogens is 3. The summed E-state index contributed by atoms with van der Waals surface area (Å²) in [6.45, 7) is 6.67. The van der Waals surface area contributed by atoms with E-state index < -0.39 is 0 Å². The maximum atomic E-state index is 12.3. The van der Waals surface area contributed by atoms with Gasteiger partial charge in [0.05, 0.1) is 12.8 Å². The van der Waals surface area contributed by atoms with Crippen LogP contribution in [0, 0.1) is 6.92 Å². The number of halogens is 1. The van der Waals surface area contributed by atoms with E-state index in [0.717, 1.165) is 49.0 Å². The van der Waals surface area contributed by atoms with Crippen LogP contribution in [0.15, 0.2) is 53.3 Å². The molecule has 1 fully saturated rings. The van der Waals surface area contributed by atoms with E-state index in [2.05, 4.69) is 56.3 Å². The molecule has 0 saturated carbocycles. The standard InChI is InChI=1S/C24H24ClN5O2S/c1-16-21(25)23(31)30-24(26-16)33-22(27-30)18-5-3-17(4-6-18)15-28-11-13-29(14-12-28)19-7-9-20(32-2)10-8-19/h3-10H,11-15H2,1-2H3. The van der Waals surface area contributed by atoms with Gasteiger partial charge in [0, 0.05) is 44.0 Å². The van der Waals surface area contributed by atoms with Crippen molar-refractivity contribution >= 4 is 33.6 Å². The molecule has 2 aromatic carbocycles. The molecule has 0 spiro atoms. The fourth-order valence-corrected chi connectivity index (χ4v) is 5.08. The Morgan fingerprint density at radius 1 is 1.03 bits per heavy atom. The molecule has 170 valence electrons. The Labute approximate surface area is 200 Å². The molecule has 2 aromatic heterocycles. The molecule has 1 aliphatic rings. The first-order valence-electron chi connectivity index (χ1n) is 10.8. The lowest BCUT2D eigenvalue weighted by atomic mass is 10.1. The van der Waals surface area contributed by atoms with Gasteiger partial charge < -0.3 is 9.64 Å². The highest BCUT2D eigenvalue weighted by molar-refractivity contribution is 7.19. The van der Waals surface area contributed by atoms with E-state index in [1.54, 1.807) is 14.0 Å². The number of aryl methyl sites for hydroxylation is 1. The van der Waals surface area contributed by atoms with E-state index in [4.69, 9.17) is 16.3 Å². The average Bonchev–Trinajstić information content (AvgIpc) is 3.28. The Kier molecular flexibility index (Phi) is 6.05. The summed E-state index contributed by atoms with van der Waals surface area (Å²) in [6, 6.07) is 16.6. The predicted octanol–water partition coefficient (Wildman–Crippen LogP) is 4.11. The van der Waals surface area contributed by atoms with Gasteiger partial charge in [-0.2, -0.15) is 9.61 Å². The Morgan fingerprint density at radius 2 is 1.73 bits per heavy atom. The van der Waals surface area contributed by atoms with Crippen molar-refractivity contribution in [1.82, 2.24) is 19.5 Å². The van der Waals surface area contributed by atoms with E-state index in [-0.39, 0.29) is 10.6 Å². The summed E-state index contributed by atoms with van der Waals surface area (Å²) < 4.78 is 6.54. The summed E-state index contributed by atoms with van der Waals surface area (Å²) in [5.74, 6) is 0.883. The Bertz CT molecular complexity index is 1330. The van der Waals surface area contributed by atoms with Crippen molar-refractivity contribution in [3.63, 3.8) is 0 Å². The van der Waals surface area contributed by atoms with Crippen LogP contribution in [0.2, 0.25) is 5.02 Å². The SMILES string of the molecule is COc1ccc(N2CCN(Cc3ccc(-c4nn5c(=O)c(Cl)c(C)nc5s4)cc3)CC2)cc1. The largest absolute Gasteiger partial charge is 0.497 e. The van der Waals surface area contributed by atoms with Crippen molar-refractivity contribution in [2.24, 2.45) is 0 Å². The van der Waals surface area contributed by atoms with Crippen LogP contribution in [0.25, 0.3) is 15.5 Å². The molecule has 0 radical (unpaired) electrons. The molecule has 0 unspecified atom stereocenters. The Balaban J connectivity index is 1.23. The highest BCUT2D eigenvalue weighted by Crippen LogP contribution is 2.26. The zero-order chi connectivity index (χ0) is 22.9. The number of piperazine rings is 1. The molecule has 1 aliphatic heterocycles. The molecule has 0 N–H and O–H groups in total. The van der Waals surface area contributed by atoms with Crippen LogP contribution in [0.1, 0.15) is 11.3 Å². The fraction of sp³-hybridized carbons (Fsp3) is 0.292. The third-order valence-corrected chi connectivity index (χ3v) is 7.33. The molecular formula is C24H24ClN5O2S. The number of benzene rings is 2. The molecule has 0 bridgehead atoms. The zero-order valence-corrected chi connectivity index (χ0v) is 20.1. The summed E-state index contributed by atoms with van der Waals surface area (Å²) in [4.78, 5) is 22.2. The molecule has 1 saturated heterocycles. The van der Waals surface area contributed by atoms with Crippen molar-refractivity contribution in [3.8, 4) is 16.3 Å². The van der Waals surface area contributed by atoms with Crippen molar-refractivity contribution in [2.75, 3.05) is 38.2 Å². The fourth-order valence-electron chi connectivity index (χ4n) is 4.01. The first-order chi connectivity index (χ1) is 16.0. The van der Waals surface area contributed by atoms with Gasteiger partial charge in [0.2, 0.25) is 4.96 Å². The minimum absolute atomic E-state index is 0.117. The minimum atomic E-state index is -0.327. The predicted molar refractivity (Wildman–Crippen MR) is 133 cm³/mol. The number of nitrogens with zero attached hydrogens (tertiary/aromatic N) is 5. The van der Waals surface area contributed by atoms with E-state index in [1.165, 1.54) is 27.1 Å². The van der Waals surface area contributed by atoms with Gasteiger partial charge in [-0.1, -0.05) is 47.2 Å². The minimum Gasteiger partial charge on any atom is -0.497 e. The van der Waals surface area contributed by atoms with Gasteiger partial charge in [0.1, 0.15) is 15.8 Å². The van der Waals surface area contributed by atoms with Gasteiger partial charge >= 0.3 is 0 Å². The lowest BCUT2D eigenvalue weighted by Gasteiger charge is -2.36. The van der Waals surface area contributed by atoms with Crippen LogP contribution in [0.3, 0.4) is 0 Å². The third-order valence-electron chi connectivity index (χ3n) is 5.94. The molecule has 7 nitrogen and oxygen atoms in total. The molecule has 9 heteroatoms. The van der Waals surface area contributed by atoms with E-state index >= 15 is 0 Å². The molecule has 3 heterocycles. The molecule has 5 rings (SSSR count). The van der Waals surface area contributed by atoms with Gasteiger partial charge in [-0.15, -0.1) is 0 Å². The smallest absolute Gasteiger partial charge is 0.294 e. The molecule has 0 atom stereocenters. The summed E-state index contributed by atoms with van der Waals surface area (Å²) in [5.41, 5.74) is 3.66. The van der Waals surface area contributed by atoms with Crippen molar-refractivity contribution in [2.45, 2.75) is 13.5 Å². The van der Waals surface area contributed by atoms with Gasteiger partial charge in [0.25, 0.3) is 5.56 Å². The summed E-state index contributed by atoms with van der Waals surface area (Å²) in [6.07, 6.45) is 0. The Morgan fingerprint density at radius 3 is 2.39 bits per heavy atom. The van der Waals surface area contributed by atoms with Crippen LogP contribution in [0.5, 0.6) is 5.75 Å². The van der Waals surface area contributed by atoms with Crippen LogP contribution in [-0.4, -0.2) is 52.8 Å². The second-order valence-electron chi connectivity index (χ2n) is 8.08. The van der Waals surface area contributed by atoms with E-state index in [9.17, 15) is 4.79 Å². The lowest BCUT2D eigenvalue weighted by molar-refractivity contribution is 0.250. The monoisotopic (exact) mass is 481 g/mol. The van der Waals surface area contributed by atoms with Gasteiger partial charge in [0.15, 0.2) is 0 Å². The maximum absolute atomic E-state index is 12.3. The number of hydrogen-bond donors (Lipinski definition) is 0. The number of anilines is 1. The first-order valence-corrected chi connectivity index (χ1v) is 12.0. The van der Waals surface area contributed by atoms with Crippen molar-refractivity contribution in [3.05, 3.63) is 75.2 Å². The topological polar surface area (TPSA) is 63.0 Å². The van der Waals surface area contributed by atoms with Gasteiger partial charge in [-0.05, 0) is 36.8 Å². The normalized spacial score (nSPS) is 14.7. The second-order valence-corrected chi connectivity index (χ2v) is 9.41. The number of ether oxygens (including phenoxy) is 1. The quantitative estimate of drug-likeness (QED) is 0.427. The number of hydrogen-bond acceptors (Lipinski definition) is 7. The van der Waals surface area contributed by atoms with Crippen LogP contribution in [0.4, 0.5) is 5.69 Å². The maximum Gasteiger partial charge on any atom is 0.294 e. The summed E-state index contributed by atoms with van der Waals surface area (Å²) in [5, 5.41) is 5.30. The Hall–Kier alpha value is -2.94. The lowest BCUT2D eigenvalue weighted by Crippen LogP contribution is -2.45. The van der Waals surface area contributed by atoms with Crippen LogP contribution in [-0.2, 0) is 6.54 Å². The third kappa shape index (κ3) is 4.46. The molecular weight excluding hydrogens is 458 g/mol. The van der Waals surface area contributed by atoms with Crippen molar-refractivity contribution in [1.29, 1.82) is 0 Å². The van der Waals surface area contributed by atoms with Crippen LogP contribution >= 0.6 is 22.9 Å². The highest BCUT2D eigenvalue weighted by atomic mass is 35.5. The number of fused-ring (bicyclic) bond motifs is 1. The summed E-state index contributed by atoms with van der Waals surface area (Å²) >= 11 is 7.43. The van der Waals surface area contributed by atoms with E-state index in [1.807, 2.05) is 12.1 Å². The van der Waals surface area contributed by atoms with Crippen molar-refractivity contribution < 1.29 is 4.74 Å². The van der Waals surface area contributed by atoms with Gasteiger partial charge in [-0.25, -0.2) is 4.98 Å². The number of rotatable bonds is 5. The summed E-state index contributed by atoms with van der Waals surface area (Å²) in [7, 11) is 1.69.